The molecule has 8 nitrogen and oxygen atoms in total. The maximum atomic E-state index is 13.1. The number of aryl methyl sites for hydroxylation is 1. The molecule has 0 bridgehead atoms. The summed E-state index contributed by atoms with van der Waals surface area (Å²) in [5.41, 5.74) is 1.82. The number of hydrogen-bond donors (Lipinski definition) is 0. The number of aromatic nitrogens is 2. The molecule has 32 heavy (non-hydrogen) atoms. The number of fused-ring (bicyclic) bond motifs is 1. The van der Waals surface area contributed by atoms with E-state index in [2.05, 4.69) is 0 Å². The molecule has 0 N–H and O–H groups in total. The molecule has 3 heterocycles. The van der Waals surface area contributed by atoms with Crippen molar-refractivity contribution in [2.24, 2.45) is 0 Å². The van der Waals surface area contributed by atoms with Crippen molar-refractivity contribution in [3.63, 3.8) is 0 Å². The van der Waals surface area contributed by atoms with Gasteiger partial charge in [0, 0.05) is 38.4 Å². The van der Waals surface area contributed by atoms with Crippen LogP contribution in [0, 0.1) is 0 Å². The number of amides is 2. The molecule has 4 rings (SSSR count). The lowest BCUT2D eigenvalue weighted by Gasteiger charge is -2.34. The molecule has 1 aromatic carbocycles. The molecule has 170 valence electrons. The van der Waals surface area contributed by atoms with E-state index in [-0.39, 0.29) is 23.3 Å². The van der Waals surface area contributed by atoms with Crippen LogP contribution in [0.5, 0.6) is 0 Å². The average molecular weight is 475 g/mol. The molecule has 1 aromatic heterocycles. The van der Waals surface area contributed by atoms with E-state index in [0.29, 0.717) is 44.5 Å². The van der Waals surface area contributed by atoms with E-state index in [9.17, 15) is 14.4 Å². The van der Waals surface area contributed by atoms with Crippen LogP contribution in [0.25, 0.3) is 0 Å². The maximum absolute atomic E-state index is 13.1. The largest absolute Gasteiger partial charge is 0.450 e. The second-order valence-electron chi connectivity index (χ2n) is 7.50. The van der Waals surface area contributed by atoms with Crippen molar-refractivity contribution < 1.29 is 14.3 Å². The number of nitrogens with zero attached hydrogens (tertiary/aromatic N) is 4. The third kappa shape index (κ3) is 5.12. The minimum absolute atomic E-state index is 0.0195. The smallest absolute Gasteiger partial charge is 0.409 e. The number of hydrogen-bond acceptors (Lipinski definition) is 7. The quantitative estimate of drug-likeness (QED) is 0.469. The summed E-state index contributed by atoms with van der Waals surface area (Å²) in [5.74, 6) is 1.04. The van der Waals surface area contributed by atoms with Crippen molar-refractivity contribution in [1.82, 2.24) is 19.4 Å². The Morgan fingerprint density at radius 1 is 1.12 bits per heavy atom. The first-order chi connectivity index (χ1) is 15.6. The summed E-state index contributed by atoms with van der Waals surface area (Å²) in [7, 11) is 0. The number of rotatable bonds is 6. The Hall–Kier alpha value is -2.46. The van der Waals surface area contributed by atoms with Crippen LogP contribution in [0.15, 0.2) is 45.2 Å². The first kappa shape index (κ1) is 22.7. The van der Waals surface area contributed by atoms with Crippen molar-refractivity contribution >= 4 is 35.5 Å². The third-order valence-electron chi connectivity index (χ3n) is 5.41. The van der Waals surface area contributed by atoms with Gasteiger partial charge in [-0.2, -0.15) is 0 Å². The van der Waals surface area contributed by atoms with Gasteiger partial charge in [0.05, 0.1) is 29.5 Å². The molecule has 10 heteroatoms. The van der Waals surface area contributed by atoms with Gasteiger partial charge in [0.2, 0.25) is 5.91 Å². The highest BCUT2D eigenvalue weighted by Crippen LogP contribution is 2.29. The molecule has 1 fully saturated rings. The summed E-state index contributed by atoms with van der Waals surface area (Å²) in [4.78, 5) is 46.6. The zero-order valence-electron chi connectivity index (χ0n) is 18.0. The Morgan fingerprint density at radius 3 is 2.56 bits per heavy atom. The van der Waals surface area contributed by atoms with Crippen LogP contribution in [0.3, 0.4) is 0 Å². The van der Waals surface area contributed by atoms with Crippen LogP contribution in [0.4, 0.5) is 4.79 Å². The van der Waals surface area contributed by atoms with Crippen molar-refractivity contribution in [1.29, 1.82) is 0 Å². The number of benzene rings is 1. The van der Waals surface area contributed by atoms with E-state index in [1.165, 1.54) is 11.8 Å². The molecule has 0 saturated carbocycles. The minimum atomic E-state index is -0.334. The zero-order valence-corrected chi connectivity index (χ0v) is 19.6. The van der Waals surface area contributed by atoms with Gasteiger partial charge in [0.15, 0.2) is 5.16 Å². The van der Waals surface area contributed by atoms with Gasteiger partial charge in [-0.15, -0.1) is 11.8 Å². The number of carbonyl (C=O) groups is 2. The van der Waals surface area contributed by atoms with E-state index in [0.717, 1.165) is 28.3 Å². The van der Waals surface area contributed by atoms with Crippen LogP contribution >= 0.6 is 23.5 Å². The van der Waals surface area contributed by atoms with E-state index in [1.807, 2.05) is 30.3 Å². The van der Waals surface area contributed by atoms with E-state index in [4.69, 9.17) is 9.72 Å². The fraction of sp³-hybridized carbons (Fsp3) is 0.455. The topological polar surface area (TPSA) is 84.7 Å². The van der Waals surface area contributed by atoms with Gasteiger partial charge in [0.1, 0.15) is 0 Å². The van der Waals surface area contributed by atoms with Crippen molar-refractivity contribution in [3.8, 4) is 0 Å². The Bertz CT molecular complexity index is 1040. The SMILES string of the molecule is CCOC(=O)N1CCN(C(=O)CSc2nc3c(c(=O)n2Cc2ccccc2)SCC3)CC1. The Morgan fingerprint density at radius 2 is 1.84 bits per heavy atom. The summed E-state index contributed by atoms with van der Waals surface area (Å²) in [6.45, 7) is 4.41. The lowest BCUT2D eigenvalue weighted by Crippen LogP contribution is -2.51. The van der Waals surface area contributed by atoms with Crippen molar-refractivity contribution in [2.45, 2.75) is 29.9 Å². The standard InChI is InChI=1S/C22H26N4O4S2/c1-2-30-22(29)25-11-9-24(10-12-25)18(27)15-32-21-23-17-8-13-31-19(17)20(28)26(21)14-16-6-4-3-5-7-16/h3-7H,2,8-15H2,1H3. The normalized spacial score (nSPS) is 15.5. The molecule has 2 aliphatic heterocycles. The summed E-state index contributed by atoms with van der Waals surface area (Å²) in [6.07, 6.45) is 0.442. The summed E-state index contributed by atoms with van der Waals surface area (Å²) in [6, 6.07) is 9.80. The molecule has 1 saturated heterocycles. The highest BCUT2D eigenvalue weighted by Gasteiger charge is 2.26. The minimum Gasteiger partial charge on any atom is -0.450 e. The number of carbonyl (C=O) groups excluding carboxylic acids is 2. The van der Waals surface area contributed by atoms with Crippen molar-refractivity contribution in [2.75, 3.05) is 44.3 Å². The molecule has 0 unspecified atom stereocenters. The average Bonchev–Trinajstić information content (AvgIpc) is 3.29. The third-order valence-corrected chi connectivity index (χ3v) is 7.48. The zero-order chi connectivity index (χ0) is 22.5. The van der Waals surface area contributed by atoms with E-state index < -0.39 is 0 Å². The Labute approximate surface area is 195 Å². The van der Waals surface area contributed by atoms with Gasteiger partial charge < -0.3 is 14.5 Å². The monoisotopic (exact) mass is 474 g/mol. The van der Waals surface area contributed by atoms with Crippen LogP contribution in [-0.4, -0.2) is 75.6 Å². The molecule has 0 atom stereocenters. The number of ether oxygens (including phenoxy) is 1. The molecule has 0 spiro atoms. The highest BCUT2D eigenvalue weighted by molar-refractivity contribution is 8.00. The summed E-state index contributed by atoms with van der Waals surface area (Å²) >= 11 is 2.87. The van der Waals surface area contributed by atoms with Gasteiger partial charge in [0.25, 0.3) is 5.56 Å². The molecular weight excluding hydrogens is 448 g/mol. The molecule has 0 radical (unpaired) electrons. The predicted molar refractivity (Wildman–Crippen MR) is 124 cm³/mol. The van der Waals surface area contributed by atoms with Gasteiger partial charge >= 0.3 is 6.09 Å². The second kappa shape index (κ2) is 10.4. The van der Waals surface area contributed by atoms with E-state index in [1.54, 1.807) is 33.1 Å². The maximum Gasteiger partial charge on any atom is 0.409 e. The first-order valence-corrected chi connectivity index (χ1v) is 12.7. The van der Waals surface area contributed by atoms with Gasteiger partial charge in [-0.3, -0.25) is 14.2 Å². The molecule has 2 aliphatic rings. The Balaban J connectivity index is 1.44. The van der Waals surface area contributed by atoms with Crippen LogP contribution in [0.1, 0.15) is 18.2 Å². The molecule has 2 amide bonds. The van der Waals surface area contributed by atoms with Crippen molar-refractivity contribution in [3.05, 3.63) is 51.9 Å². The van der Waals surface area contributed by atoms with Gasteiger partial charge in [-0.1, -0.05) is 42.1 Å². The first-order valence-electron chi connectivity index (χ1n) is 10.7. The second-order valence-corrected chi connectivity index (χ2v) is 9.55. The molecule has 0 aliphatic carbocycles. The summed E-state index contributed by atoms with van der Waals surface area (Å²) < 4.78 is 6.71. The van der Waals surface area contributed by atoms with Gasteiger partial charge in [-0.05, 0) is 12.5 Å². The summed E-state index contributed by atoms with van der Waals surface area (Å²) in [5, 5.41) is 0.582. The van der Waals surface area contributed by atoms with E-state index >= 15 is 0 Å². The fourth-order valence-corrected chi connectivity index (χ4v) is 5.67. The van der Waals surface area contributed by atoms with Crippen LogP contribution in [0.2, 0.25) is 0 Å². The molecule has 2 aromatic rings. The fourth-order valence-electron chi connectivity index (χ4n) is 3.71. The molecular formula is C22H26N4O4S2. The Kier molecular flexibility index (Phi) is 7.41. The number of thioether (sulfide) groups is 2. The predicted octanol–water partition coefficient (Wildman–Crippen LogP) is 2.33. The van der Waals surface area contributed by atoms with Gasteiger partial charge in [-0.25, -0.2) is 9.78 Å². The van der Waals surface area contributed by atoms with Crippen LogP contribution in [-0.2, 0) is 22.5 Å². The lowest BCUT2D eigenvalue weighted by molar-refractivity contribution is -0.129. The lowest BCUT2D eigenvalue weighted by atomic mass is 10.2. The number of piperazine rings is 1. The van der Waals surface area contributed by atoms with Crippen LogP contribution < -0.4 is 5.56 Å². The highest BCUT2D eigenvalue weighted by atomic mass is 32.2.